The molecule has 26 heavy (non-hydrogen) atoms. The quantitative estimate of drug-likeness (QED) is 0.873. The first kappa shape index (κ1) is 18.5. The molecule has 0 spiro atoms. The fourth-order valence-electron chi connectivity index (χ4n) is 3.44. The van der Waals surface area contributed by atoms with Crippen molar-refractivity contribution in [3.8, 4) is 0 Å². The summed E-state index contributed by atoms with van der Waals surface area (Å²) in [5.74, 6) is -0.0260. The largest absolute Gasteiger partial charge is 0.312 e. The summed E-state index contributed by atoms with van der Waals surface area (Å²) in [7, 11) is -3.69. The number of para-hydroxylation sites is 1. The zero-order chi connectivity index (χ0) is 18.9. The second-order valence-corrected chi connectivity index (χ2v) is 8.16. The number of sulfonamides is 1. The Balaban J connectivity index is 1.97. The van der Waals surface area contributed by atoms with Gasteiger partial charge in [-0.2, -0.15) is 0 Å². The number of fused-ring (bicyclic) bond motifs is 1. The van der Waals surface area contributed by atoms with Crippen LogP contribution in [-0.4, -0.2) is 20.9 Å². The van der Waals surface area contributed by atoms with Gasteiger partial charge in [-0.25, -0.2) is 8.42 Å². The molecule has 0 atom stereocenters. The van der Waals surface area contributed by atoms with E-state index in [2.05, 4.69) is 4.72 Å². The van der Waals surface area contributed by atoms with Gasteiger partial charge < -0.3 is 4.90 Å². The van der Waals surface area contributed by atoms with Crippen LogP contribution in [0.5, 0.6) is 0 Å². The van der Waals surface area contributed by atoms with Gasteiger partial charge in [0, 0.05) is 19.2 Å². The average Bonchev–Trinajstić information content (AvgIpc) is 3.05. The molecule has 0 radical (unpaired) electrons. The monoisotopic (exact) mass is 372 g/mol. The third-order valence-corrected chi connectivity index (χ3v) is 6.22. The van der Waals surface area contributed by atoms with Crippen molar-refractivity contribution in [3.63, 3.8) is 0 Å². The number of amides is 1. The molecular formula is C20H24N2O3S. The van der Waals surface area contributed by atoms with Crippen LogP contribution in [0, 0.1) is 0 Å². The summed E-state index contributed by atoms with van der Waals surface area (Å²) < 4.78 is 28.7. The number of nitrogens with zero attached hydrogens (tertiary/aromatic N) is 1. The van der Waals surface area contributed by atoms with E-state index in [1.807, 2.05) is 32.0 Å². The zero-order valence-electron chi connectivity index (χ0n) is 15.4. The maximum absolute atomic E-state index is 13.0. The van der Waals surface area contributed by atoms with E-state index in [-0.39, 0.29) is 10.8 Å². The Morgan fingerprint density at radius 2 is 1.77 bits per heavy atom. The lowest BCUT2D eigenvalue weighted by atomic mass is 10.0. The summed E-state index contributed by atoms with van der Waals surface area (Å²) >= 11 is 0. The minimum Gasteiger partial charge on any atom is -0.312 e. The number of aryl methyl sites for hydroxylation is 2. The number of carbonyl (C=O) groups excluding carboxylic acids is 1. The molecule has 2 aromatic rings. The molecule has 0 aliphatic carbocycles. The molecule has 2 aromatic carbocycles. The summed E-state index contributed by atoms with van der Waals surface area (Å²) in [4.78, 5) is 13.6. The molecule has 0 saturated heterocycles. The molecule has 6 heteroatoms. The highest BCUT2D eigenvalue weighted by atomic mass is 32.2. The summed E-state index contributed by atoms with van der Waals surface area (Å²) in [6, 6.07) is 10.8. The lowest BCUT2D eigenvalue weighted by molar-refractivity contribution is -0.116. The van der Waals surface area contributed by atoms with Crippen LogP contribution in [0.15, 0.2) is 41.3 Å². The van der Waals surface area contributed by atoms with Crippen LogP contribution in [0.3, 0.4) is 0 Å². The van der Waals surface area contributed by atoms with Gasteiger partial charge in [-0.1, -0.05) is 32.0 Å². The minimum atomic E-state index is -3.69. The van der Waals surface area contributed by atoms with E-state index >= 15 is 0 Å². The third-order valence-electron chi connectivity index (χ3n) is 4.87. The van der Waals surface area contributed by atoms with E-state index in [1.54, 1.807) is 23.1 Å². The summed E-state index contributed by atoms with van der Waals surface area (Å²) in [5.41, 5.74) is 4.35. The maximum atomic E-state index is 13.0. The van der Waals surface area contributed by atoms with Crippen LogP contribution in [0.25, 0.3) is 0 Å². The molecule has 0 saturated carbocycles. The molecule has 0 bridgehead atoms. The maximum Gasteiger partial charge on any atom is 0.261 e. The van der Waals surface area contributed by atoms with Crippen molar-refractivity contribution in [2.45, 2.75) is 44.9 Å². The zero-order valence-corrected chi connectivity index (χ0v) is 16.2. The van der Waals surface area contributed by atoms with Crippen LogP contribution < -0.4 is 9.62 Å². The van der Waals surface area contributed by atoms with Crippen molar-refractivity contribution in [2.75, 3.05) is 16.2 Å². The predicted octanol–water partition coefficient (Wildman–Crippen LogP) is 3.52. The highest BCUT2D eigenvalue weighted by Gasteiger charge is 2.25. The number of hydrogen-bond acceptors (Lipinski definition) is 3. The lowest BCUT2D eigenvalue weighted by Crippen LogP contribution is -2.25. The highest BCUT2D eigenvalue weighted by Crippen LogP contribution is 2.32. The number of hydrogen-bond donors (Lipinski definition) is 1. The Bertz CT molecular complexity index is 929. The van der Waals surface area contributed by atoms with Crippen molar-refractivity contribution in [1.82, 2.24) is 0 Å². The van der Waals surface area contributed by atoms with Crippen molar-refractivity contribution >= 4 is 27.3 Å². The van der Waals surface area contributed by atoms with Gasteiger partial charge in [-0.15, -0.1) is 0 Å². The Morgan fingerprint density at radius 3 is 2.35 bits per heavy atom. The summed E-state index contributed by atoms with van der Waals surface area (Å²) in [6.07, 6.45) is 2.18. The predicted molar refractivity (Wildman–Crippen MR) is 104 cm³/mol. The Labute approximate surface area is 155 Å². The van der Waals surface area contributed by atoms with Gasteiger partial charge in [0.2, 0.25) is 5.91 Å². The van der Waals surface area contributed by atoms with Gasteiger partial charge >= 0.3 is 0 Å². The fourth-order valence-corrected chi connectivity index (χ4v) is 4.63. The highest BCUT2D eigenvalue weighted by molar-refractivity contribution is 7.92. The van der Waals surface area contributed by atoms with Gasteiger partial charge in [-0.05, 0) is 54.2 Å². The number of rotatable bonds is 5. The molecule has 0 aromatic heterocycles. The van der Waals surface area contributed by atoms with E-state index < -0.39 is 10.0 Å². The molecule has 1 heterocycles. The second kappa shape index (κ2) is 7.11. The molecule has 1 aliphatic rings. The standard InChI is InChI=1S/C20H24N2O3S/c1-4-15-7-6-8-16(5-2)20(15)21-26(24,25)18-9-10-19-17(13-18)11-12-22(19)14(3)23/h6-10,13,21H,4-5,11-12H2,1-3H3. The Kier molecular flexibility index (Phi) is 5.05. The van der Waals surface area contributed by atoms with Crippen molar-refractivity contribution in [1.29, 1.82) is 0 Å². The molecule has 138 valence electrons. The molecule has 1 N–H and O–H groups in total. The van der Waals surface area contributed by atoms with E-state index in [1.165, 1.54) is 6.92 Å². The number of anilines is 2. The number of benzene rings is 2. The summed E-state index contributed by atoms with van der Waals surface area (Å²) in [6.45, 7) is 6.14. The van der Waals surface area contributed by atoms with Crippen molar-refractivity contribution < 1.29 is 13.2 Å². The first-order chi connectivity index (χ1) is 12.4. The fraction of sp³-hybridized carbons (Fsp3) is 0.350. The topological polar surface area (TPSA) is 66.5 Å². The molecule has 1 aliphatic heterocycles. The van der Waals surface area contributed by atoms with E-state index in [4.69, 9.17) is 0 Å². The molecular weight excluding hydrogens is 348 g/mol. The van der Waals surface area contributed by atoms with Crippen LogP contribution in [0.2, 0.25) is 0 Å². The molecule has 0 unspecified atom stereocenters. The first-order valence-electron chi connectivity index (χ1n) is 8.92. The van der Waals surface area contributed by atoms with Crippen LogP contribution in [-0.2, 0) is 34.1 Å². The molecule has 5 nitrogen and oxygen atoms in total. The molecule has 0 fully saturated rings. The number of nitrogens with one attached hydrogen (secondary N) is 1. The van der Waals surface area contributed by atoms with Crippen LogP contribution in [0.1, 0.15) is 37.5 Å². The van der Waals surface area contributed by atoms with E-state index in [0.717, 1.165) is 35.2 Å². The average molecular weight is 372 g/mol. The van der Waals surface area contributed by atoms with Gasteiger partial charge in [0.1, 0.15) is 0 Å². The third kappa shape index (κ3) is 3.33. The van der Waals surface area contributed by atoms with E-state index in [9.17, 15) is 13.2 Å². The van der Waals surface area contributed by atoms with Crippen molar-refractivity contribution in [2.24, 2.45) is 0 Å². The SMILES string of the molecule is CCc1cccc(CC)c1NS(=O)(=O)c1ccc2c(c1)CCN2C(C)=O. The number of carbonyl (C=O) groups is 1. The minimum absolute atomic E-state index is 0.0260. The van der Waals surface area contributed by atoms with Crippen LogP contribution >= 0.6 is 0 Å². The molecule has 1 amide bonds. The van der Waals surface area contributed by atoms with Gasteiger partial charge in [0.25, 0.3) is 10.0 Å². The normalized spacial score (nSPS) is 13.6. The Morgan fingerprint density at radius 1 is 1.12 bits per heavy atom. The van der Waals surface area contributed by atoms with Gasteiger partial charge in [0.15, 0.2) is 0 Å². The first-order valence-corrected chi connectivity index (χ1v) is 10.4. The second-order valence-electron chi connectivity index (χ2n) is 6.48. The van der Waals surface area contributed by atoms with Gasteiger partial charge in [-0.3, -0.25) is 9.52 Å². The van der Waals surface area contributed by atoms with E-state index in [0.29, 0.717) is 18.7 Å². The van der Waals surface area contributed by atoms with Crippen molar-refractivity contribution in [3.05, 3.63) is 53.1 Å². The molecule has 3 rings (SSSR count). The van der Waals surface area contributed by atoms with Crippen LogP contribution in [0.4, 0.5) is 11.4 Å². The lowest BCUT2D eigenvalue weighted by Gasteiger charge is -2.17. The van der Waals surface area contributed by atoms with Gasteiger partial charge in [0.05, 0.1) is 10.6 Å². The smallest absolute Gasteiger partial charge is 0.261 e. The summed E-state index contributed by atoms with van der Waals surface area (Å²) in [5, 5.41) is 0. The Hall–Kier alpha value is -2.34.